The van der Waals surface area contributed by atoms with Gasteiger partial charge in [-0.25, -0.2) is 0 Å². The predicted octanol–water partition coefficient (Wildman–Crippen LogP) is 3.30. The average molecular weight is 365 g/mol. The third-order valence-electron chi connectivity index (χ3n) is 5.08. The molecule has 0 saturated carbocycles. The third-order valence-corrected chi connectivity index (χ3v) is 7.57. The van der Waals surface area contributed by atoms with E-state index in [1.165, 1.54) is 34.1 Å². The summed E-state index contributed by atoms with van der Waals surface area (Å²) in [5.74, 6) is 5.26. The summed E-state index contributed by atoms with van der Waals surface area (Å²) < 4.78 is 0. The van der Waals surface area contributed by atoms with E-state index in [0.29, 0.717) is 6.04 Å². The predicted molar refractivity (Wildman–Crippen MR) is 106 cm³/mol. The summed E-state index contributed by atoms with van der Waals surface area (Å²) in [6, 6.07) is 6.76. The molecule has 0 bridgehead atoms. The van der Waals surface area contributed by atoms with Gasteiger partial charge in [-0.1, -0.05) is 6.07 Å². The maximum absolute atomic E-state index is 12.9. The highest BCUT2D eigenvalue weighted by atomic mass is 32.2. The van der Waals surface area contributed by atoms with E-state index in [2.05, 4.69) is 53.2 Å². The molecule has 3 rings (SSSR count). The Labute approximate surface area is 154 Å². The van der Waals surface area contributed by atoms with Gasteiger partial charge in [0.2, 0.25) is 0 Å². The lowest BCUT2D eigenvalue weighted by Gasteiger charge is -2.29. The van der Waals surface area contributed by atoms with Gasteiger partial charge in [0.1, 0.15) is 0 Å². The van der Waals surface area contributed by atoms with Crippen molar-refractivity contribution in [1.29, 1.82) is 0 Å². The molecule has 1 amide bonds. The van der Waals surface area contributed by atoms with Gasteiger partial charge in [-0.05, 0) is 43.5 Å². The van der Waals surface area contributed by atoms with Crippen LogP contribution in [0.25, 0.3) is 0 Å². The van der Waals surface area contributed by atoms with Crippen LogP contribution in [0.15, 0.2) is 18.2 Å². The summed E-state index contributed by atoms with van der Waals surface area (Å²) >= 11 is 4.18. The Balaban J connectivity index is 1.62. The molecule has 132 valence electrons. The Kier molecular flexibility index (Phi) is 6.53. The summed E-state index contributed by atoms with van der Waals surface area (Å²) in [7, 11) is 0. The molecule has 0 aliphatic carbocycles. The number of carbonyl (C=O) groups excluding carboxylic acids is 1. The zero-order valence-electron chi connectivity index (χ0n) is 14.8. The van der Waals surface area contributed by atoms with E-state index in [0.717, 1.165) is 38.2 Å². The molecule has 0 N–H and O–H groups in total. The molecule has 2 saturated heterocycles. The molecule has 2 heterocycles. The van der Waals surface area contributed by atoms with Gasteiger partial charge in [0, 0.05) is 60.8 Å². The van der Waals surface area contributed by atoms with Crippen molar-refractivity contribution in [2.24, 2.45) is 0 Å². The Hall–Kier alpha value is -0.650. The largest absolute Gasteiger partial charge is 0.337 e. The summed E-state index contributed by atoms with van der Waals surface area (Å²) in [6.07, 6.45) is 1.09. The second-order valence-corrected chi connectivity index (χ2v) is 9.08. The van der Waals surface area contributed by atoms with Crippen LogP contribution < -0.4 is 0 Å². The van der Waals surface area contributed by atoms with Gasteiger partial charge in [0.15, 0.2) is 0 Å². The number of amides is 1. The fourth-order valence-electron chi connectivity index (χ4n) is 3.38. The summed E-state index contributed by atoms with van der Waals surface area (Å²) in [6.45, 7) is 8.06. The van der Waals surface area contributed by atoms with Gasteiger partial charge in [0.25, 0.3) is 5.91 Å². The number of hydrogen-bond acceptors (Lipinski definition) is 4. The lowest BCUT2D eigenvalue weighted by molar-refractivity contribution is 0.0759. The van der Waals surface area contributed by atoms with E-state index in [-0.39, 0.29) is 5.91 Å². The van der Waals surface area contributed by atoms with E-state index in [1.807, 2.05) is 12.1 Å². The molecule has 0 radical (unpaired) electrons. The topological polar surface area (TPSA) is 23.6 Å². The first kappa shape index (κ1) is 18.2. The molecule has 2 aliphatic rings. The molecule has 1 aromatic rings. The maximum Gasteiger partial charge on any atom is 0.253 e. The van der Waals surface area contributed by atoms with Crippen LogP contribution in [0.1, 0.15) is 27.9 Å². The first-order valence-corrected chi connectivity index (χ1v) is 11.2. The number of rotatable bonds is 2. The molecule has 0 unspecified atom stereocenters. The molecule has 0 aromatic heterocycles. The summed E-state index contributed by atoms with van der Waals surface area (Å²) in [5, 5.41) is 0. The van der Waals surface area contributed by atoms with Gasteiger partial charge in [0.05, 0.1) is 0 Å². The van der Waals surface area contributed by atoms with Crippen molar-refractivity contribution in [3.05, 3.63) is 34.9 Å². The van der Waals surface area contributed by atoms with Gasteiger partial charge in [-0.15, -0.1) is 0 Å². The number of aryl methyl sites for hydroxylation is 2. The minimum Gasteiger partial charge on any atom is -0.337 e. The molecule has 0 atom stereocenters. The van der Waals surface area contributed by atoms with Crippen LogP contribution in [0.5, 0.6) is 0 Å². The highest BCUT2D eigenvalue weighted by molar-refractivity contribution is 8.03. The second kappa shape index (κ2) is 8.63. The number of benzene rings is 1. The van der Waals surface area contributed by atoms with E-state index in [9.17, 15) is 4.79 Å². The van der Waals surface area contributed by atoms with Crippen molar-refractivity contribution in [2.45, 2.75) is 26.3 Å². The normalized spacial score (nSPS) is 21.3. The smallest absolute Gasteiger partial charge is 0.253 e. The van der Waals surface area contributed by atoms with Crippen molar-refractivity contribution in [3.8, 4) is 0 Å². The van der Waals surface area contributed by atoms with Gasteiger partial charge >= 0.3 is 0 Å². The van der Waals surface area contributed by atoms with Crippen molar-refractivity contribution >= 4 is 29.4 Å². The quantitative estimate of drug-likeness (QED) is 0.803. The van der Waals surface area contributed by atoms with Crippen LogP contribution in [0.4, 0.5) is 0 Å². The molecular weight excluding hydrogens is 336 g/mol. The Bertz CT molecular complexity index is 570. The van der Waals surface area contributed by atoms with Crippen molar-refractivity contribution in [1.82, 2.24) is 9.80 Å². The van der Waals surface area contributed by atoms with Crippen LogP contribution in [0.3, 0.4) is 0 Å². The molecule has 24 heavy (non-hydrogen) atoms. The fourth-order valence-corrected chi connectivity index (χ4v) is 6.01. The highest BCUT2D eigenvalue weighted by Crippen LogP contribution is 2.22. The zero-order valence-corrected chi connectivity index (χ0v) is 16.4. The lowest BCUT2D eigenvalue weighted by atomic mass is 10.1. The molecule has 3 nitrogen and oxygen atoms in total. The van der Waals surface area contributed by atoms with Gasteiger partial charge < -0.3 is 4.90 Å². The van der Waals surface area contributed by atoms with Crippen LogP contribution in [0.2, 0.25) is 0 Å². The highest BCUT2D eigenvalue weighted by Gasteiger charge is 2.25. The first-order valence-electron chi connectivity index (χ1n) is 8.91. The Morgan fingerprint density at radius 2 is 1.75 bits per heavy atom. The first-order chi connectivity index (χ1) is 11.6. The minimum atomic E-state index is 0.199. The average Bonchev–Trinajstić information content (AvgIpc) is 2.99. The Morgan fingerprint density at radius 1 is 1.00 bits per heavy atom. The molecule has 2 aliphatic heterocycles. The number of hydrogen-bond donors (Lipinski definition) is 0. The van der Waals surface area contributed by atoms with Crippen molar-refractivity contribution < 1.29 is 4.79 Å². The van der Waals surface area contributed by atoms with Gasteiger partial charge in [-0.2, -0.15) is 23.5 Å². The van der Waals surface area contributed by atoms with Crippen LogP contribution in [-0.2, 0) is 0 Å². The molecule has 5 heteroatoms. The standard InChI is InChI=1S/C19H28N2OS2/c1-15-4-5-17(12-16(15)2)19(22)21-7-3-6-20(8-9-21)18-13-23-10-11-24-14-18/h4-5,12,18H,3,6-11,13-14H2,1-2H3. The van der Waals surface area contributed by atoms with Crippen LogP contribution in [0, 0.1) is 13.8 Å². The van der Waals surface area contributed by atoms with E-state index in [4.69, 9.17) is 0 Å². The van der Waals surface area contributed by atoms with E-state index in [1.54, 1.807) is 0 Å². The van der Waals surface area contributed by atoms with E-state index >= 15 is 0 Å². The van der Waals surface area contributed by atoms with Gasteiger partial charge in [-0.3, -0.25) is 9.69 Å². The molecule has 0 spiro atoms. The third kappa shape index (κ3) is 4.50. The van der Waals surface area contributed by atoms with Crippen LogP contribution in [-0.4, -0.2) is 70.9 Å². The minimum absolute atomic E-state index is 0.199. The molecule has 2 fully saturated rings. The maximum atomic E-state index is 12.9. The number of thioether (sulfide) groups is 2. The summed E-state index contributed by atoms with van der Waals surface area (Å²) in [4.78, 5) is 17.5. The lowest BCUT2D eigenvalue weighted by Crippen LogP contribution is -2.42. The van der Waals surface area contributed by atoms with Crippen molar-refractivity contribution in [2.75, 3.05) is 49.2 Å². The summed E-state index contributed by atoms with van der Waals surface area (Å²) in [5.41, 5.74) is 3.29. The second-order valence-electron chi connectivity index (χ2n) is 6.78. The molecule has 1 aromatic carbocycles. The SMILES string of the molecule is Cc1ccc(C(=O)N2CCCN(C3CSCCSC3)CC2)cc1C. The number of carbonyl (C=O) groups is 1. The van der Waals surface area contributed by atoms with E-state index < -0.39 is 0 Å². The zero-order chi connectivity index (χ0) is 16.9. The molecular formula is C19H28N2OS2. The Morgan fingerprint density at radius 3 is 2.46 bits per heavy atom. The fraction of sp³-hybridized carbons (Fsp3) is 0.632. The number of nitrogens with zero attached hydrogens (tertiary/aromatic N) is 2. The monoisotopic (exact) mass is 364 g/mol. The van der Waals surface area contributed by atoms with Crippen molar-refractivity contribution in [3.63, 3.8) is 0 Å². The van der Waals surface area contributed by atoms with Crippen LogP contribution >= 0.6 is 23.5 Å².